The minimum Gasteiger partial charge on any atom is -0.385 e. The minimum atomic E-state index is -0.290. The van der Waals surface area contributed by atoms with Crippen LogP contribution < -0.4 is 11.3 Å². The molecule has 1 rings (SSSR count). The van der Waals surface area contributed by atoms with Gasteiger partial charge in [-0.15, -0.1) is 0 Å². The standard InChI is InChI=1S/C6H9N3O/c1-2-9-4-8-6(10)3-5(9)7/h3-4H,2,7H2,1H3. The lowest BCUT2D eigenvalue weighted by atomic mass is 10.5. The molecule has 1 aromatic heterocycles. The van der Waals surface area contributed by atoms with Gasteiger partial charge in [0.1, 0.15) is 12.1 Å². The van der Waals surface area contributed by atoms with Crippen molar-refractivity contribution in [2.75, 3.05) is 5.73 Å². The summed E-state index contributed by atoms with van der Waals surface area (Å²) in [5.41, 5.74) is 5.17. The van der Waals surface area contributed by atoms with Crippen molar-refractivity contribution < 1.29 is 0 Å². The highest BCUT2D eigenvalue weighted by atomic mass is 16.1. The molecule has 0 saturated heterocycles. The first-order valence-electron chi connectivity index (χ1n) is 3.06. The van der Waals surface area contributed by atoms with E-state index in [2.05, 4.69) is 4.98 Å². The smallest absolute Gasteiger partial charge is 0.274 e. The van der Waals surface area contributed by atoms with E-state index in [0.29, 0.717) is 5.82 Å². The average molecular weight is 139 g/mol. The van der Waals surface area contributed by atoms with Crippen LogP contribution in [0, 0.1) is 0 Å². The van der Waals surface area contributed by atoms with Crippen LogP contribution in [0.1, 0.15) is 6.92 Å². The number of nitrogens with two attached hydrogens (primary N) is 1. The second kappa shape index (κ2) is 2.51. The molecule has 0 unspecified atom stereocenters. The number of aromatic nitrogens is 2. The molecule has 0 spiro atoms. The number of hydrogen-bond acceptors (Lipinski definition) is 3. The Labute approximate surface area is 58.3 Å². The number of nitrogen functional groups attached to an aromatic ring is 1. The van der Waals surface area contributed by atoms with Crippen LogP contribution in [0.4, 0.5) is 5.82 Å². The zero-order chi connectivity index (χ0) is 7.56. The molecule has 4 heteroatoms. The Hall–Kier alpha value is -1.32. The molecular weight excluding hydrogens is 130 g/mol. The van der Waals surface area contributed by atoms with E-state index in [9.17, 15) is 4.79 Å². The number of nitrogens with zero attached hydrogens (tertiary/aromatic N) is 2. The molecule has 10 heavy (non-hydrogen) atoms. The van der Waals surface area contributed by atoms with Gasteiger partial charge in [-0.2, -0.15) is 4.98 Å². The van der Waals surface area contributed by atoms with Crippen molar-refractivity contribution >= 4 is 5.82 Å². The van der Waals surface area contributed by atoms with Crippen LogP contribution in [0.3, 0.4) is 0 Å². The Bertz CT molecular complexity index is 279. The van der Waals surface area contributed by atoms with Crippen LogP contribution in [0.5, 0.6) is 0 Å². The predicted octanol–water partition coefficient (Wildman–Crippen LogP) is -0.155. The van der Waals surface area contributed by atoms with E-state index >= 15 is 0 Å². The summed E-state index contributed by atoms with van der Waals surface area (Å²) in [6, 6.07) is 1.31. The minimum absolute atomic E-state index is 0.290. The topological polar surface area (TPSA) is 60.9 Å². The molecule has 0 atom stereocenters. The quantitative estimate of drug-likeness (QED) is 0.588. The summed E-state index contributed by atoms with van der Waals surface area (Å²) in [5.74, 6) is 0.461. The van der Waals surface area contributed by atoms with Crippen LogP contribution in [0.2, 0.25) is 0 Å². The maximum Gasteiger partial charge on any atom is 0.274 e. The Morgan fingerprint density at radius 2 is 2.50 bits per heavy atom. The highest BCUT2D eigenvalue weighted by Crippen LogP contribution is 1.93. The third kappa shape index (κ3) is 1.15. The Kier molecular flexibility index (Phi) is 1.71. The van der Waals surface area contributed by atoms with E-state index in [0.717, 1.165) is 6.54 Å². The first-order valence-corrected chi connectivity index (χ1v) is 3.06. The van der Waals surface area contributed by atoms with E-state index in [-0.39, 0.29) is 5.56 Å². The van der Waals surface area contributed by atoms with Gasteiger partial charge in [0, 0.05) is 12.6 Å². The average Bonchev–Trinajstić information content (AvgIpc) is 1.88. The van der Waals surface area contributed by atoms with Crippen molar-refractivity contribution in [3.63, 3.8) is 0 Å². The van der Waals surface area contributed by atoms with E-state index in [1.807, 2.05) is 6.92 Å². The molecule has 0 saturated carbocycles. The summed E-state index contributed by atoms with van der Waals surface area (Å²) >= 11 is 0. The Morgan fingerprint density at radius 3 is 3.00 bits per heavy atom. The summed E-state index contributed by atoms with van der Waals surface area (Å²) in [4.78, 5) is 14.1. The van der Waals surface area contributed by atoms with Crippen LogP contribution in [-0.2, 0) is 6.54 Å². The van der Waals surface area contributed by atoms with Crippen LogP contribution in [0.15, 0.2) is 17.2 Å². The van der Waals surface area contributed by atoms with Gasteiger partial charge in [-0.1, -0.05) is 0 Å². The van der Waals surface area contributed by atoms with E-state index < -0.39 is 0 Å². The van der Waals surface area contributed by atoms with Gasteiger partial charge >= 0.3 is 0 Å². The van der Waals surface area contributed by atoms with Crippen LogP contribution in [-0.4, -0.2) is 9.55 Å². The first-order chi connectivity index (χ1) is 4.74. The van der Waals surface area contributed by atoms with Crippen LogP contribution in [0.25, 0.3) is 0 Å². The molecule has 0 aliphatic heterocycles. The molecule has 4 nitrogen and oxygen atoms in total. The third-order valence-corrected chi connectivity index (χ3v) is 1.27. The second-order valence-electron chi connectivity index (χ2n) is 1.94. The van der Waals surface area contributed by atoms with Crippen molar-refractivity contribution in [2.45, 2.75) is 13.5 Å². The molecule has 0 fully saturated rings. The fraction of sp³-hybridized carbons (Fsp3) is 0.333. The van der Waals surface area contributed by atoms with Crippen molar-refractivity contribution in [3.05, 3.63) is 22.7 Å². The van der Waals surface area contributed by atoms with Gasteiger partial charge < -0.3 is 10.3 Å². The van der Waals surface area contributed by atoms with Gasteiger partial charge in [-0.3, -0.25) is 4.79 Å². The largest absolute Gasteiger partial charge is 0.385 e. The van der Waals surface area contributed by atoms with Crippen molar-refractivity contribution in [3.8, 4) is 0 Å². The van der Waals surface area contributed by atoms with Crippen LogP contribution >= 0.6 is 0 Å². The fourth-order valence-corrected chi connectivity index (χ4v) is 0.704. The SMILES string of the molecule is CCn1cnc(=O)cc1N. The zero-order valence-electron chi connectivity index (χ0n) is 5.74. The summed E-state index contributed by atoms with van der Waals surface area (Å²) in [5, 5.41) is 0. The van der Waals surface area contributed by atoms with Gasteiger partial charge in [-0.05, 0) is 6.92 Å². The molecular formula is C6H9N3O. The lowest BCUT2D eigenvalue weighted by molar-refractivity contribution is 0.741. The molecule has 0 radical (unpaired) electrons. The van der Waals surface area contributed by atoms with E-state index in [1.54, 1.807) is 4.57 Å². The van der Waals surface area contributed by atoms with Crippen molar-refractivity contribution in [1.29, 1.82) is 0 Å². The molecule has 0 amide bonds. The fourth-order valence-electron chi connectivity index (χ4n) is 0.704. The Balaban J connectivity index is 3.19. The first kappa shape index (κ1) is 6.80. The molecule has 0 bridgehead atoms. The lowest BCUT2D eigenvalue weighted by Crippen LogP contribution is -2.13. The lowest BCUT2D eigenvalue weighted by Gasteiger charge is -2.03. The monoisotopic (exact) mass is 139 g/mol. The van der Waals surface area contributed by atoms with Gasteiger partial charge in [0.05, 0.1) is 0 Å². The number of hydrogen-bond donors (Lipinski definition) is 1. The number of anilines is 1. The molecule has 1 heterocycles. The molecule has 1 aromatic rings. The third-order valence-electron chi connectivity index (χ3n) is 1.27. The molecule has 0 aromatic carbocycles. The maximum absolute atomic E-state index is 10.6. The molecule has 54 valence electrons. The Morgan fingerprint density at radius 1 is 1.80 bits per heavy atom. The highest BCUT2D eigenvalue weighted by molar-refractivity contribution is 5.25. The number of rotatable bonds is 1. The summed E-state index contributed by atoms with van der Waals surface area (Å²) in [6.45, 7) is 2.67. The van der Waals surface area contributed by atoms with Crippen molar-refractivity contribution in [2.24, 2.45) is 0 Å². The van der Waals surface area contributed by atoms with E-state index in [1.165, 1.54) is 12.4 Å². The van der Waals surface area contributed by atoms with Crippen molar-refractivity contribution in [1.82, 2.24) is 9.55 Å². The van der Waals surface area contributed by atoms with Gasteiger partial charge in [0.2, 0.25) is 0 Å². The zero-order valence-corrected chi connectivity index (χ0v) is 5.74. The molecule has 0 aliphatic rings. The normalized spacial score (nSPS) is 9.70. The predicted molar refractivity (Wildman–Crippen MR) is 38.6 cm³/mol. The summed E-state index contributed by atoms with van der Waals surface area (Å²) in [6.07, 6.45) is 1.44. The van der Waals surface area contributed by atoms with Gasteiger partial charge in [0.25, 0.3) is 5.56 Å². The highest BCUT2D eigenvalue weighted by Gasteiger charge is 1.92. The summed E-state index contributed by atoms with van der Waals surface area (Å²) < 4.78 is 1.70. The molecule has 2 N–H and O–H groups in total. The van der Waals surface area contributed by atoms with E-state index in [4.69, 9.17) is 5.73 Å². The molecule has 0 aliphatic carbocycles. The number of aryl methyl sites for hydroxylation is 1. The summed E-state index contributed by atoms with van der Waals surface area (Å²) in [7, 11) is 0. The maximum atomic E-state index is 10.6. The van der Waals surface area contributed by atoms with Gasteiger partial charge in [0.15, 0.2) is 0 Å². The second-order valence-corrected chi connectivity index (χ2v) is 1.94. The van der Waals surface area contributed by atoms with Gasteiger partial charge in [-0.25, -0.2) is 0 Å².